The molecule has 1 aromatic carbocycles. The molecule has 0 saturated carbocycles. The van der Waals surface area contributed by atoms with Crippen molar-refractivity contribution in [1.29, 1.82) is 0 Å². The molecule has 0 aliphatic rings. The van der Waals surface area contributed by atoms with Crippen molar-refractivity contribution >= 4 is 0 Å². The monoisotopic (exact) mass is 230 g/mol. The fraction of sp³-hybridized carbons (Fsp3) is 0.357. The van der Waals surface area contributed by atoms with E-state index in [0.29, 0.717) is 5.92 Å². The molecule has 0 radical (unpaired) electrons. The lowest BCUT2D eigenvalue weighted by Gasteiger charge is -2.11. The summed E-state index contributed by atoms with van der Waals surface area (Å²) in [6, 6.07) is 6.17. The van der Waals surface area contributed by atoms with Crippen LogP contribution in [0.4, 0.5) is 0 Å². The first-order valence-electron chi connectivity index (χ1n) is 5.89. The van der Waals surface area contributed by atoms with E-state index in [1.54, 1.807) is 0 Å². The number of aromatic amines is 1. The minimum atomic E-state index is 0.536. The van der Waals surface area contributed by atoms with Gasteiger partial charge in [-0.3, -0.25) is 5.10 Å². The van der Waals surface area contributed by atoms with Crippen LogP contribution in [0, 0.1) is 12.8 Å². The molecule has 1 aromatic heterocycles. The minimum absolute atomic E-state index is 0.536. The van der Waals surface area contributed by atoms with Crippen LogP contribution in [0.3, 0.4) is 0 Å². The lowest BCUT2D eigenvalue weighted by atomic mass is 10.0. The van der Waals surface area contributed by atoms with E-state index in [4.69, 9.17) is 4.74 Å². The molecule has 2 aromatic rings. The van der Waals surface area contributed by atoms with E-state index in [0.717, 1.165) is 17.9 Å². The lowest BCUT2D eigenvalue weighted by molar-refractivity contribution is 0.271. The van der Waals surface area contributed by atoms with Crippen LogP contribution >= 0.6 is 0 Å². The topological polar surface area (TPSA) is 37.9 Å². The van der Waals surface area contributed by atoms with Crippen molar-refractivity contribution in [3.05, 3.63) is 36.2 Å². The Morgan fingerprint density at radius 2 is 2.18 bits per heavy atom. The van der Waals surface area contributed by atoms with Crippen LogP contribution in [0.25, 0.3) is 11.1 Å². The quantitative estimate of drug-likeness (QED) is 0.874. The summed E-state index contributed by atoms with van der Waals surface area (Å²) in [4.78, 5) is 0. The van der Waals surface area contributed by atoms with Crippen LogP contribution in [-0.4, -0.2) is 16.8 Å². The number of hydrogen-bond acceptors (Lipinski definition) is 2. The van der Waals surface area contributed by atoms with Crippen molar-refractivity contribution in [2.24, 2.45) is 5.92 Å². The van der Waals surface area contributed by atoms with Gasteiger partial charge in [0, 0.05) is 11.8 Å². The summed E-state index contributed by atoms with van der Waals surface area (Å²) in [6.45, 7) is 7.12. The second-order valence-electron chi connectivity index (χ2n) is 4.67. The Morgan fingerprint density at radius 1 is 1.35 bits per heavy atom. The van der Waals surface area contributed by atoms with Crippen LogP contribution in [0.2, 0.25) is 0 Å². The Labute approximate surface area is 102 Å². The molecule has 3 nitrogen and oxygen atoms in total. The van der Waals surface area contributed by atoms with Gasteiger partial charge in [0.05, 0.1) is 12.8 Å². The highest BCUT2D eigenvalue weighted by molar-refractivity contribution is 5.67. The summed E-state index contributed by atoms with van der Waals surface area (Å²) in [6.07, 6.45) is 3.73. The maximum atomic E-state index is 5.73. The van der Waals surface area contributed by atoms with Crippen molar-refractivity contribution in [1.82, 2.24) is 10.2 Å². The highest BCUT2D eigenvalue weighted by Crippen LogP contribution is 2.26. The molecule has 1 heterocycles. The molecule has 0 aliphatic carbocycles. The maximum absolute atomic E-state index is 5.73. The van der Waals surface area contributed by atoms with Gasteiger partial charge in [-0.15, -0.1) is 0 Å². The van der Waals surface area contributed by atoms with Gasteiger partial charge < -0.3 is 4.74 Å². The number of H-pyrrole nitrogens is 1. The predicted octanol–water partition coefficient (Wildman–Crippen LogP) is 3.42. The summed E-state index contributed by atoms with van der Waals surface area (Å²) in [5.41, 5.74) is 3.49. The first-order valence-corrected chi connectivity index (χ1v) is 5.89. The van der Waals surface area contributed by atoms with Gasteiger partial charge in [-0.2, -0.15) is 5.10 Å². The van der Waals surface area contributed by atoms with Gasteiger partial charge in [0.1, 0.15) is 5.75 Å². The van der Waals surface area contributed by atoms with Gasteiger partial charge in [0.15, 0.2) is 0 Å². The van der Waals surface area contributed by atoms with Gasteiger partial charge in [-0.25, -0.2) is 0 Å². The Balaban J connectivity index is 2.24. The molecular formula is C14H18N2O. The average molecular weight is 230 g/mol. The zero-order chi connectivity index (χ0) is 12.3. The van der Waals surface area contributed by atoms with Crippen molar-refractivity contribution in [3.63, 3.8) is 0 Å². The van der Waals surface area contributed by atoms with Gasteiger partial charge in [0.2, 0.25) is 0 Å². The molecule has 0 unspecified atom stereocenters. The molecule has 17 heavy (non-hydrogen) atoms. The van der Waals surface area contributed by atoms with Gasteiger partial charge in [0.25, 0.3) is 0 Å². The smallest absolute Gasteiger partial charge is 0.119 e. The van der Waals surface area contributed by atoms with Crippen molar-refractivity contribution in [3.8, 4) is 16.9 Å². The number of rotatable bonds is 4. The van der Waals surface area contributed by atoms with Crippen LogP contribution < -0.4 is 4.74 Å². The van der Waals surface area contributed by atoms with Gasteiger partial charge in [-0.1, -0.05) is 19.9 Å². The summed E-state index contributed by atoms with van der Waals surface area (Å²) >= 11 is 0. The molecule has 0 aliphatic heterocycles. The number of aromatic nitrogens is 2. The first kappa shape index (κ1) is 11.7. The second-order valence-corrected chi connectivity index (χ2v) is 4.67. The van der Waals surface area contributed by atoms with E-state index >= 15 is 0 Å². The number of nitrogens with one attached hydrogen (secondary N) is 1. The Hall–Kier alpha value is -1.77. The van der Waals surface area contributed by atoms with E-state index in [9.17, 15) is 0 Å². The zero-order valence-corrected chi connectivity index (χ0v) is 10.5. The van der Waals surface area contributed by atoms with Crippen molar-refractivity contribution in [2.45, 2.75) is 20.8 Å². The molecular weight excluding hydrogens is 212 g/mol. The molecule has 90 valence electrons. The van der Waals surface area contributed by atoms with E-state index in [1.807, 2.05) is 18.5 Å². The van der Waals surface area contributed by atoms with E-state index < -0.39 is 0 Å². The highest BCUT2D eigenvalue weighted by Gasteiger charge is 2.05. The average Bonchev–Trinajstić information content (AvgIpc) is 2.81. The first-order chi connectivity index (χ1) is 8.16. The summed E-state index contributed by atoms with van der Waals surface area (Å²) in [5, 5.41) is 6.81. The normalized spacial score (nSPS) is 10.8. The molecule has 0 amide bonds. The van der Waals surface area contributed by atoms with Crippen LogP contribution in [0.5, 0.6) is 5.75 Å². The third-order valence-electron chi connectivity index (χ3n) is 2.60. The van der Waals surface area contributed by atoms with Crippen LogP contribution in [0.1, 0.15) is 19.4 Å². The molecule has 0 atom stereocenters. The number of benzene rings is 1. The molecule has 0 spiro atoms. The minimum Gasteiger partial charge on any atom is -0.493 e. The number of ether oxygens (including phenoxy) is 1. The van der Waals surface area contributed by atoms with E-state index in [1.165, 1.54) is 11.1 Å². The number of hydrogen-bond donors (Lipinski definition) is 1. The van der Waals surface area contributed by atoms with Gasteiger partial charge in [-0.05, 0) is 36.1 Å². The molecule has 0 bridgehead atoms. The SMILES string of the molecule is Cc1ccc(OCC(C)C)cc1-c1cn[nH]c1. The fourth-order valence-corrected chi connectivity index (χ4v) is 1.66. The number of nitrogens with zero attached hydrogens (tertiary/aromatic N) is 1. The maximum Gasteiger partial charge on any atom is 0.119 e. The van der Waals surface area contributed by atoms with Crippen molar-refractivity contribution < 1.29 is 4.74 Å². The predicted molar refractivity (Wildman–Crippen MR) is 69.1 cm³/mol. The van der Waals surface area contributed by atoms with Crippen molar-refractivity contribution in [2.75, 3.05) is 6.61 Å². The third-order valence-corrected chi connectivity index (χ3v) is 2.60. The largest absolute Gasteiger partial charge is 0.493 e. The fourth-order valence-electron chi connectivity index (χ4n) is 1.66. The standard InChI is InChI=1S/C14H18N2O/c1-10(2)9-17-13-5-4-11(3)14(6-13)12-7-15-16-8-12/h4-8,10H,9H2,1-3H3,(H,15,16). The Morgan fingerprint density at radius 3 is 2.82 bits per heavy atom. The summed E-state index contributed by atoms with van der Waals surface area (Å²) < 4.78 is 5.73. The van der Waals surface area contributed by atoms with E-state index in [2.05, 4.69) is 43.1 Å². The highest BCUT2D eigenvalue weighted by atomic mass is 16.5. The Bertz CT molecular complexity index is 475. The molecule has 0 saturated heterocycles. The lowest BCUT2D eigenvalue weighted by Crippen LogP contribution is -2.04. The second kappa shape index (κ2) is 5.04. The molecule has 3 heteroatoms. The number of aryl methyl sites for hydroxylation is 1. The Kier molecular flexibility index (Phi) is 3.47. The van der Waals surface area contributed by atoms with Gasteiger partial charge >= 0.3 is 0 Å². The van der Waals surface area contributed by atoms with Crippen LogP contribution in [-0.2, 0) is 0 Å². The van der Waals surface area contributed by atoms with E-state index in [-0.39, 0.29) is 0 Å². The molecule has 2 rings (SSSR count). The third kappa shape index (κ3) is 2.87. The summed E-state index contributed by atoms with van der Waals surface area (Å²) in [7, 11) is 0. The van der Waals surface area contributed by atoms with Crippen LogP contribution in [0.15, 0.2) is 30.6 Å². The zero-order valence-electron chi connectivity index (χ0n) is 10.5. The molecule has 0 fully saturated rings. The molecule has 1 N–H and O–H groups in total. The summed E-state index contributed by atoms with van der Waals surface area (Å²) in [5.74, 6) is 1.45.